The highest BCUT2D eigenvalue weighted by Gasteiger charge is 2.27. The van der Waals surface area contributed by atoms with Crippen molar-refractivity contribution in [2.24, 2.45) is 0 Å². The Morgan fingerprint density at radius 2 is 1.59 bits per heavy atom. The maximum Gasteiger partial charge on any atom is 0.255 e. The predicted octanol–water partition coefficient (Wildman–Crippen LogP) is 3.88. The molecule has 1 amide bonds. The smallest absolute Gasteiger partial charge is 0.255 e. The van der Waals surface area contributed by atoms with Gasteiger partial charge in [-0.3, -0.25) is 4.79 Å². The number of carbonyl (C=O) groups excluding carboxylic acids is 1. The standard InChI is InChI=1S/C22H29N3O3S/c1-17-8-11-19(23-22(26)18-9-12-20(13-10-18)24(2)3)16-21(17)29(27,28)25-14-6-4-5-7-15-25/h8-13,16H,4-7,14-15H2,1-3H3,(H,23,26). The lowest BCUT2D eigenvalue weighted by Crippen LogP contribution is -2.32. The number of anilines is 2. The van der Waals surface area contributed by atoms with Crippen LogP contribution >= 0.6 is 0 Å². The monoisotopic (exact) mass is 415 g/mol. The molecule has 7 heteroatoms. The molecule has 1 aliphatic heterocycles. The van der Waals surface area contributed by atoms with Gasteiger partial charge >= 0.3 is 0 Å². The van der Waals surface area contributed by atoms with Gasteiger partial charge in [0, 0.05) is 44.1 Å². The quantitative estimate of drug-likeness (QED) is 0.805. The van der Waals surface area contributed by atoms with E-state index in [1.807, 2.05) is 31.1 Å². The zero-order valence-electron chi connectivity index (χ0n) is 17.3. The summed E-state index contributed by atoms with van der Waals surface area (Å²) in [7, 11) is 0.299. The topological polar surface area (TPSA) is 69.7 Å². The number of benzene rings is 2. The van der Waals surface area contributed by atoms with Crippen molar-refractivity contribution in [2.45, 2.75) is 37.5 Å². The SMILES string of the molecule is Cc1ccc(NC(=O)c2ccc(N(C)C)cc2)cc1S(=O)(=O)N1CCCCCC1. The molecule has 1 heterocycles. The van der Waals surface area contributed by atoms with E-state index in [0.29, 0.717) is 29.9 Å². The van der Waals surface area contributed by atoms with Crippen molar-refractivity contribution in [3.8, 4) is 0 Å². The number of aryl methyl sites for hydroxylation is 1. The van der Waals surface area contributed by atoms with E-state index >= 15 is 0 Å². The molecule has 0 unspecified atom stereocenters. The highest BCUT2D eigenvalue weighted by molar-refractivity contribution is 7.89. The number of hydrogen-bond acceptors (Lipinski definition) is 4. The summed E-state index contributed by atoms with van der Waals surface area (Å²) in [5.41, 5.74) is 2.68. The summed E-state index contributed by atoms with van der Waals surface area (Å²) in [6.07, 6.45) is 3.90. The largest absolute Gasteiger partial charge is 0.378 e. The maximum absolute atomic E-state index is 13.2. The van der Waals surface area contributed by atoms with Crippen LogP contribution in [0.3, 0.4) is 0 Å². The van der Waals surface area contributed by atoms with Gasteiger partial charge < -0.3 is 10.2 Å². The molecule has 0 saturated carbocycles. The third-order valence-corrected chi connectivity index (χ3v) is 7.32. The lowest BCUT2D eigenvalue weighted by atomic mass is 10.1. The van der Waals surface area contributed by atoms with Gasteiger partial charge in [0.2, 0.25) is 10.0 Å². The molecule has 1 fully saturated rings. The van der Waals surface area contributed by atoms with Gasteiger partial charge in [-0.15, -0.1) is 0 Å². The van der Waals surface area contributed by atoms with Crippen molar-refractivity contribution in [3.63, 3.8) is 0 Å². The van der Waals surface area contributed by atoms with Gasteiger partial charge in [-0.05, 0) is 61.7 Å². The zero-order chi connectivity index (χ0) is 21.0. The lowest BCUT2D eigenvalue weighted by Gasteiger charge is -2.21. The molecule has 29 heavy (non-hydrogen) atoms. The maximum atomic E-state index is 13.2. The second kappa shape index (κ2) is 8.97. The Bertz CT molecular complexity index is 961. The highest BCUT2D eigenvalue weighted by Crippen LogP contribution is 2.26. The van der Waals surface area contributed by atoms with Crippen LogP contribution in [-0.4, -0.2) is 45.8 Å². The van der Waals surface area contributed by atoms with Gasteiger partial charge in [0.15, 0.2) is 0 Å². The molecular weight excluding hydrogens is 386 g/mol. The first kappa shape index (κ1) is 21.3. The van der Waals surface area contributed by atoms with Gasteiger partial charge in [0.25, 0.3) is 5.91 Å². The van der Waals surface area contributed by atoms with E-state index in [1.54, 1.807) is 41.6 Å². The van der Waals surface area contributed by atoms with Crippen molar-refractivity contribution in [1.82, 2.24) is 4.31 Å². The minimum absolute atomic E-state index is 0.264. The molecule has 0 atom stereocenters. The van der Waals surface area contributed by atoms with Crippen molar-refractivity contribution >= 4 is 27.3 Å². The number of nitrogens with zero attached hydrogens (tertiary/aromatic N) is 2. The van der Waals surface area contributed by atoms with Crippen LogP contribution in [0.15, 0.2) is 47.4 Å². The van der Waals surface area contributed by atoms with Gasteiger partial charge in [0.1, 0.15) is 0 Å². The van der Waals surface area contributed by atoms with Gasteiger partial charge in [-0.25, -0.2) is 8.42 Å². The molecular formula is C22H29N3O3S. The fraction of sp³-hybridized carbons (Fsp3) is 0.409. The normalized spacial score (nSPS) is 15.6. The Morgan fingerprint density at radius 3 is 2.17 bits per heavy atom. The molecule has 6 nitrogen and oxygen atoms in total. The fourth-order valence-corrected chi connectivity index (χ4v) is 5.26. The van der Waals surface area contributed by atoms with Crippen molar-refractivity contribution < 1.29 is 13.2 Å². The average molecular weight is 416 g/mol. The second-order valence-corrected chi connectivity index (χ2v) is 9.60. The molecule has 0 radical (unpaired) electrons. The number of carbonyl (C=O) groups is 1. The van der Waals surface area contributed by atoms with Crippen molar-refractivity contribution in [2.75, 3.05) is 37.4 Å². The third-order valence-electron chi connectivity index (χ3n) is 5.27. The Hall–Kier alpha value is -2.38. The van der Waals surface area contributed by atoms with Crippen LogP contribution in [0.5, 0.6) is 0 Å². The van der Waals surface area contributed by atoms with Crippen LogP contribution in [-0.2, 0) is 10.0 Å². The second-order valence-electron chi connectivity index (χ2n) is 7.69. The summed E-state index contributed by atoms with van der Waals surface area (Å²) in [4.78, 5) is 14.8. The van der Waals surface area contributed by atoms with E-state index in [2.05, 4.69) is 5.32 Å². The molecule has 0 aliphatic carbocycles. The van der Waals surface area contributed by atoms with Gasteiger partial charge in [-0.1, -0.05) is 18.9 Å². The fourth-order valence-electron chi connectivity index (χ4n) is 3.49. The Labute approximate surface area is 173 Å². The molecule has 2 aromatic carbocycles. The first-order valence-electron chi connectivity index (χ1n) is 9.98. The molecule has 0 spiro atoms. The van der Waals surface area contributed by atoms with Crippen LogP contribution in [0.25, 0.3) is 0 Å². The molecule has 2 aromatic rings. The Kier molecular flexibility index (Phi) is 6.59. The van der Waals surface area contributed by atoms with Crippen LogP contribution < -0.4 is 10.2 Å². The van der Waals surface area contributed by atoms with E-state index < -0.39 is 10.0 Å². The Balaban J connectivity index is 1.82. The lowest BCUT2D eigenvalue weighted by molar-refractivity contribution is 0.102. The van der Waals surface area contributed by atoms with Crippen molar-refractivity contribution in [1.29, 1.82) is 0 Å². The number of nitrogens with one attached hydrogen (secondary N) is 1. The number of sulfonamides is 1. The molecule has 0 bridgehead atoms. The minimum atomic E-state index is -3.58. The highest BCUT2D eigenvalue weighted by atomic mass is 32.2. The summed E-state index contributed by atoms with van der Waals surface area (Å²) in [6, 6.07) is 12.3. The van der Waals surface area contributed by atoms with E-state index in [1.165, 1.54) is 0 Å². The molecule has 1 saturated heterocycles. The molecule has 1 aliphatic rings. The van der Waals surface area contributed by atoms with Gasteiger partial charge in [-0.2, -0.15) is 4.31 Å². The van der Waals surface area contributed by atoms with E-state index in [-0.39, 0.29) is 10.8 Å². The summed E-state index contributed by atoms with van der Waals surface area (Å²) < 4.78 is 27.9. The number of amides is 1. The first-order valence-corrected chi connectivity index (χ1v) is 11.4. The van der Waals surface area contributed by atoms with Crippen LogP contribution in [0, 0.1) is 6.92 Å². The molecule has 3 rings (SSSR count). The summed E-state index contributed by atoms with van der Waals surface area (Å²) >= 11 is 0. The zero-order valence-corrected chi connectivity index (χ0v) is 18.1. The first-order chi connectivity index (χ1) is 13.8. The average Bonchev–Trinajstić information content (AvgIpc) is 2.99. The van der Waals surface area contributed by atoms with Crippen LogP contribution in [0.2, 0.25) is 0 Å². The minimum Gasteiger partial charge on any atom is -0.378 e. The third kappa shape index (κ3) is 4.97. The van der Waals surface area contributed by atoms with E-state index in [0.717, 1.165) is 31.4 Å². The summed E-state index contributed by atoms with van der Waals surface area (Å²) in [5.74, 6) is -0.266. The van der Waals surface area contributed by atoms with Gasteiger partial charge in [0.05, 0.1) is 4.90 Å². The molecule has 0 aromatic heterocycles. The summed E-state index contributed by atoms with van der Waals surface area (Å²) in [6.45, 7) is 2.89. The summed E-state index contributed by atoms with van der Waals surface area (Å²) in [5, 5.41) is 2.83. The Morgan fingerprint density at radius 1 is 0.966 bits per heavy atom. The molecule has 156 valence electrons. The van der Waals surface area contributed by atoms with E-state index in [9.17, 15) is 13.2 Å². The molecule has 1 N–H and O–H groups in total. The predicted molar refractivity (Wildman–Crippen MR) is 117 cm³/mol. The number of rotatable bonds is 5. The van der Waals surface area contributed by atoms with E-state index in [4.69, 9.17) is 0 Å². The van der Waals surface area contributed by atoms with Crippen molar-refractivity contribution in [3.05, 3.63) is 53.6 Å². The van der Waals surface area contributed by atoms with Crippen LogP contribution in [0.4, 0.5) is 11.4 Å². The van der Waals surface area contributed by atoms with Crippen LogP contribution in [0.1, 0.15) is 41.6 Å². The number of hydrogen-bond donors (Lipinski definition) is 1.